The highest BCUT2D eigenvalue weighted by atomic mass is 35.5. The molecule has 2 bridgehead atoms. The van der Waals surface area contributed by atoms with Gasteiger partial charge in [0, 0.05) is 36.2 Å². The first kappa shape index (κ1) is 35.2. The summed E-state index contributed by atoms with van der Waals surface area (Å²) in [4.78, 5) is 16.0. The molecule has 1 fully saturated rings. The lowest BCUT2D eigenvalue weighted by Crippen LogP contribution is -2.49. The Morgan fingerprint density at radius 3 is 2.71 bits per heavy atom. The van der Waals surface area contributed by atoms with Crippen LogP contribution >= 0.6 is 11.6 Å². The molecule has 1 N–H and O–H groups in total. The van der Waals surface area contributed by atoms with Crippen molar-refractivity contribution < 1.29 is 35.3 Å². The summed E-state index contributed by atoms with van der Waals surface area (Å²) in [5.41, 5.74) is 3.14. The van der Waals surface area contributed by atoms with Crippen LogP contribution < -0.4 is 14.4 Å². The Morgan fingerprint density at radius 2 is 1.98 bits per heavy atom. The molecule has 1 spiro atoms. The van der Waals surface area contributed by atoms with Gasteiger partial charge >= 0.3 is 0 Å². The van der Waals surface area contributed by atoms with E-state index in [2.05, 4.69) is 21.8 Å². The number of allylic oxidation sites excluding steroid dienone is 1. The van der Waals surface area contributed by atoms with Crippen molar-refractivity contribution in [3.05, 3.63) is 70.3 Å². The van der Waals surface area contributed by atoms with Gasteiger partial charge in [-0.05, 0) is 104 Å². The summed E-state index contributed by atoms with van der Waals surface area (Å²) in [6.07, 6.45) is 9.98. The molecule has 4 aliphatic rings. The van der Waals surface area contributed by atoms with Gasteiger partial charge in [-0.1, -0.05) is 36.7 Å². The number of hydrogen-bond donors (Lipinski definition) is 1. The molecule has 0 radical (unpaired) electrons. The van der Waals surface area contributed by atoms with Gasteiger partial charge in [0.2, 0.25) is 10.0 Å². The smallest absolute Gasteiger partial charge is 0.264 e. The van der Waals surface area contributed by atoms with Gasteiger partial charge in [-0.15, -0.1) is 0 Å². The largest absolute Gasteiger partial charge is 0.490 e. The molecule has 13 heteroatoms. The molecule has 2 aromatic rings. The molecule has 2 aromatic carbocycles. The molecule has 0 unspecified atom stereocenters. The summed E-state index contributed by atoms with van der Waals surface area (Å²) in [6, 6.07) is 11.2. The molecule has 262 valence electrons. The molecule has 2 aliphatic heterocycles. The second kappa shape index (κ2) is 13.9. The van der Waals surface area contributed by atoms with Crippen LogP contribution in [-0.2, 0) is 40.9 Å². The highest BCUT2D eigenvalue weighted by molar-refractivity contribution is 7.90. The Bertz CT molecular complexity index is 1780. The van der Waals surface area contributed by atoms with E-state index in [-0.39, 0.29) is 36.0 Å². The molecule has 6 rings (SSSR count). The van der Waals surface area contributed by atoms with Gasteiger partial charge in [0.05, 0.1) is 36.5 Å². The molecular weight excluding hydrogens is 676 g/mol. The number of rotatable bonds is 5. The number of halogens is 1. The van der Waals surface area contributed by atoms with Gasteiger partial charge in [-0.3, -0.25) is 8.98 Å². The number of fused-ring (bicyclic) bond motifs is 4. The summed E-state index contributed by atoms with van der Waals surface area (Å²) in [7, 11) is -6.30. The van der Waals surface area contributed by atoms with E-state index in [4.69, 9.17) is 25.3 Å². The monoisotopic (exact) mass is 720 g/mol. The Balaban J connectivity index is 1.39. The van der Waals surface area contributed by atoms with Crippen molar-refractivity contribution in [2.75, 3.05) is 44.6 Å². The van der Waals surface area contributed by atoms with E-state index in [0.717, 1.165) is 55.6 Å². The van der Waals surface area contributed by atoms with Gasteiger partial charge in [0.15, 0.2) is 0 Å². The van der Waals surface area contributed by atoms with Crippen molar-refractivity contribution in [3.63, 3.8) is 0 Å². The first-order valence-corrected chi connectivity index (χ1v) is 20.4. The fourth-order valence-electron chi connectivity index (χ4n) is 8.09. The first-order chi connectivity index (χ1) is 22.8. The standard InChI is InChI=1S/C35H45ClN2O8S2/c1-23-6-4-8-31(44-2)28-12-9-26(28)20-38-21-35(16-5-7-24-18-27(36)11-13-29(24)35)22-45-32-14-10-25(19-30(32)38)34(39)37-48(42,43)33(23)15-17-46-47(3,40)41/h4,8,10-11,13-14,18-19,23,26,28,31,33H,5-7,9,12,15-17,20-22H2,1-3H3,(H,37,39)/b8-4+/t23-,26-,28+,31-,33+,35-/m0/s1. The topological polar surface area (TPSA) is 128 Å². The molecule has 2 aliphatic carbocycles. The molecule has 6 atom stereocenters. The fraction of sp³-hybridized carbons (Fsp3) is 0.571. The maximum atomic E-state index is 13.8. The van der Waals surface area contributed by atoms with Crippen LogP contribution in [-0.4, -0.2) is 73.8 Å². The SMILES string of the molecule is CO[C@H]1/C=C/C[C@H](C)[C@@H](CCOS(C)(=O)=O)S(=O)(=O)NC(=O)c2ccc3c(c2)N(C[C@@H]2CC[C@H]21)C[C@@]1(CCCc2cc(Cl)ccc21)CO3. The van der Waals surface area contributed by atoms with Crippen LogP contribution in [0.4, 0.5) is 5.69 Å². The molecule has 0 saturated heterocycles. The second-order valence-electron chi connectivity index (χ2n) is 14.0. The van der Waals surface area contributed by atoms with Crippen molar-refractivity contribution in [1.29, 1.82) is 0 Å². The minimum Gasteiger partial charge on any atom is -0.490 e. The molecule has 48 heavy (non-hydrogen) atoms. The van der Waals surface area contributed by atoms with Crippen LogP contribution in [0.5, 0.6) is 5.75 Å². The maximum absolute atomic E-state index is 13.8. The summed E-state index contributed by atoms with van der Waals surface area (Å²) in [6.45, 7) is 3.34. The van der Waals surface area contributed by atoms with Crippen molar-refractivity contribution >= 4 is 43.3 Å². The third kappa shape index (κ3) is 7.43. The Kier molecular flexibility index (Phi) is 10.2. The Morgan fingerprint density at radius 1 is 1.17 bits per heavy atom. The van der Waals surface area contributed by atoms with E-state index in [1.54, 1.807) is 32.2 Å². The summed E-state index contributed by atoms with van der Waals surface area (Å²) < 4.78 is 70.5. The van der Waals surface area contributed by atoms with Gasteiger partial charge < -0.3 is 14.4 Å². The average Bonchev–Trinajstić information content (AvgIpc) is 3.16. The molecule has 2 heterocycles. The third-order valence-corrected chi connectivity index (χ3v) is 13.5. The van der Waals surface area contributed by atoms with E-state index < -0.39 is 37.2 Å². The van der Waals surface area contributed by atoms with Crippen LogP contribution in [0.2, 0.25) is 5.02 Å². The van der Waals surface area contributed by atoms with Crippen LogP contribution in [0, 0.1) is 17.8 Å². The Labute approximate surface area is 289 Å². The van der Waals surface area contributed by atoms with Crippen LogP contribution in [0.25, 0.3) is 0 Å². The quantitative estimate of drug-likeness (QED) is 0.326. The van der Waals surface area contributed by atoms with Crippen LogP contribution in [0.1, 0.15) is 66.9 Å². The number of carbonyl (C=O) groups is 1. The van der Waals surface area contributed by atoms with Crippen molar-refractivity contribution in [2.24, 2.45) is 17.8 Å². The number of nitrogens with one attached hydrogen (secondary N) is 1. The minimum absolute atomic E-state index is 0.107. The average molecular weight is 721 g/mol. The predicted octanol–water partition coefficient (Wildman–Crippen LogP) is 5.24. The predicted molar refractivity (Wildman–Crippen MR) is 186 cm³/mol. The summed E-state index contributed by atoms with van der Waals surface area (Å²) in [5.74, 6) is 0.0541. The highest BCUT2D eigenvalue weighted by Crippen LogP contribution is 2.47. The summed E-state index contributed by atoms with van der Waals surface area (Å²) in [5, 5.41) is -0.367. The molecule has 10 nitrogen and oxygen atoms in total. The van der Waals surface area contributed by atoms with Gasteiger partial charge in [-0.25, -0.2) is 13.1 Å². The van der Waals surface area contributed by atoms with E-state index in [1.807, 2.05) is 18.2 Å². The zero-order chi connectivity index (χ0) is 34.3. The molecular formula is C35H45ClN2O8S2. The molecule has 1 saturated carbocycles. The van der Waals surface area contributed by atoms with Gasteiger partial charge in [-0.2, -0.15) is 8.42 Å². The maximum Gasteiger partial charge on any atom is 0.264 e. The lowest BCUT2D eigenvalue weighted by atomic mass is 9.68. The Hall–Kier alpha value is -2.64. The number of ether oxygens (including phenoxy) is 2. The number of amides is 1. The van der Waals surface area contributed by atoms with Gasteiger partial charge in [0.1, 0.15) is 5.75 Å². The van der Waals surface area contributed by atoms with E-state index in [0.29, 0.717) is 31.2 Å². The number of anilines is 1. The number of methoxy groups -OCH3 is 1. The minimum atomic E-state index is -4.24. The normalized spacial score (nSPS) is 31.0. The van der Waals surface area contributed by atoms with Crippen LogP contribution in [0.3, 0.4) is 0 Å². The molecule has 0 aromatic heterocycles. The van der Waals surface area contributed by atoms with Crippen LogP contribution in [0.15, 0.2) is 48.6 Å². The number of hydrogen-bond acceptors (Lipinski definition) is 9. The second-order valence-corrected chi connectivity index (χ2v) is 17.9. The van der Waals surface area contributed by atoms with Crippen molar-refractivity contribution in [2.45, 2.75) is 68.6 Å². The number of sulfonamides is 1. The van der Waals surface area contributed by atoms with E-state index in [1.165, 1.54) is 11.1 Å². The van der Waals surface area contributed by atoms with Crippen molar-refractivity contribution in [1.82, 2.24) is 4.72 Å². The lowest BCUT2D eigenvalue weighted by Gasteiger charge is -2.46. The zero-order valence-electron chi connectivity index (χ0n) is 27.7. The third-order valence-electron chi connectivity index (χ3n) is 10.7. The summed E-state index contributed by atoms with van der Waals surface area (Å²) >= 11 is 6.42. The first-order valence-electron chi connectivity index (χ1n) is 16.7. The van der Waals surface area contributed by atoms with E-state index >= 15 is 0 Å². The zero-order valence-corrected chi connectivity index (χ0v) is 30.1. The number of aryl methyl sites for hydroxylation is 1. The highest BCUT2D eigenvalue weighted by Gasteiger charge is 2.44. The molecule has 1 amide bonds. The number of benzene rings is 2. The number of carbonyl (C=O) groups excluding carboxylic acids is 1. The van der Waals surface area contributed by atoms with E-state index in [9.17, 15) is 21.6 Å². The lowest BCUT2D eigenvalue weighted by molar-refractivity contribution is 0.0131. The van der Waals surface area contributed by atoms with Crippen molar-refractivity contribution in [3.8, 4) is 5.75 Å². The fourth-order valence-corrected chi connectivity index (χ4v) is 10.3. The number of nitrogens with zero attached hydrogens (tertiary/aromatic N) is 1. The van der Waals surface area contributed by atoms with Gasteiger partial charge in [0.25, 0.3) is 16.0 Å².